The molecule has 2 nitrogen and oxygen atoms in total. The van der Waals surface area contributed by atoms with Gasteiger partial charge in [0.15, 0.2) is 0 Å². The quantitative estimate of drug-likeness (QED) is 0.718. The Hall–Kier alpha value is -0.520. The molecule has 16 heavy (non-hydrogen) atoms. The third-order valence-corrected chi connectivity index (χ3v) is 4.17. The summed E-state index contributed by atoms with van der Waals surface area (Å²) in [7, 11) is 0. The molecular weight excluding hydrogens is 196 g/mol. The average Bonchev–Trinajstić information content (AvgIpc) is 2.22. The molecule has 0 aromatic carbocycles. The van der Waals surface area contributed by atoms with E-state index in [0.29, 0.717) is 17.9 Å². The second kappa shape index (κ2) is 4.77. The van der Waals surface area contributed by atoms with Crippen LogP contribution in [-0.4, -0.2) is 18.1 Å². The summed E-state index contributed by atoms with van der Waals surface area (Å²) < 4.78 is 0. The van der Waals surface area contributed by atoms with Crippen molar-refractivity contribution < 1.29 is 0 Å². The molecule has 3 unspecified atom stereocenters. The van der Waals surface area contributed by atoms with Crippen molar-refractivity contribution in [1.82, 2.24) is 5.32 Å². The molecule has 92 valence electrons. The Morgan fingerprint density at radius 2 is 2.12 bits per heavy atom. The van der Waals surface area contributed by atoms with Crippen LogP contribution in [-0.2, 0) is 0 Å². The molecule has 0 aliphatic heterocycles. The highest BCUT2D eigenvalue weighted by Gasteiger charge is 2.43. The third-order valence-electron chi connectivity index (χ3n) is 4.17. The molecule has 0 amide bonds. The molecule has 0 bridgehead atoms. The number of rotatable bonds is 3. The van der Waals surface area contributed by atoms with E-state index < -0.39 is 0 Å². The number of terminal acetylenes is 1. The van der Waals surface area contributed by atoms with Crippen molar-refractivity contribution in [2.24, 2.45) is 17.1 Å². The summed E-state index contributed by atoms with van der Waals surface area (Å²) in [5, 5.41) is 3.56. The molecule has 3 atom stereocenters. The minimum atomic E-state index is 0.0430. The Morgan fingerprint density at radius 3 is 2.56 bits per heavy atom. The topological polar surface area (TPSA) is 38.0 Å². The summed E-state index contributed by atoms with van der Waals surface area (Å²) in [6.45, 7) is 9.69. The SMILES string of the molecule is C#CC(C)NC1(CN)CCC(C)(C)CC1C. The van der Waals surface area contributed by atoms with Crippen LogP contribution < -0.4 is 11.1 Å². The van der Waals surface area contributed by atoms with Crippen LogP contribution in [0.3, 0.4) is 0 Å². The highest BCUT2D eigenvalue weighted by Crippen LogP contribution is 2.43. The fourth-order valence-corrected chi connectivity index (χ4v) is 2.98. The molecule has 1 fully saturated rings. The van der Waals surface area contributed by atoms with Crippen molar-refractivity contribution in [1.29, 1.82) is 0 Å². The predicted molar refractivity (Wildman–Crippen MR) is 70.0 cm³/mol. The highest BCUT2D eigenvalue weighted by molar-refractivity contribution is 5.06. The van der Waals surface area contributed by atoms with E-state index >= 15 is 0 Å². The maximum Gasteiger partial charge on any atom is 0.0663 e. The van der Waals surface area contributed by atoms with Gasteiger partial charge in [-0.25, -0.2) is 0 Å². The van der Waals surface area contributed by atoms with Gasteiger partial charge in [0.05, 0.1) is 6.04 Å². The van der Waals surface area contributed by atoms with Gasteiger partial charge in [-0.3, -0.25) is 5.32 Å². The molecule has 0 saturated heterocycles. The van der Waals surface area contributed by atoms with Gasteiger partial charge in [-0.15, -0.1) is 6.42 Å². The van der Waals surface area contributed by atoms with Gasteiger partial charge in [0.25, 0.3) is 0 Å². The van der Waals surface area contributed by atoms with E-state index in [-0.39, 0.29) is 11.6 Å². The molecule has 0 aromatic heterocycles. The predicted octanol–water partition coefficient (Wildman–Crippen LogP) is 2.14. The first-order chi connectivity index (χ1) is 7.35. The van der Waals surface area contributed by atoms with Crippen LogP contribution in [0.4, 0.5) is 0 Å². The lowest BCUT2D eigenvalue weighted by Crippen LogP contribution is -2.61. The number of hydrogen-bond acceptors (Lipinski definition) is 2. The molecule has 3 N–H and O–H groups in total. The molecule has 0 heterocycles. The number of hydrogen-bond donors (Lipinski definition) is 2. The standard InChI is InChI=1S/C14H26N2/c1-6-12(3)16-14(10-15)8-7-13(4,5)9-11(14)2/h1,11-12,16H,7-10,15H2,2-5H3. The van der Waals surface area contributed by atoms with E-state index in [9.17, 15) is 0 Å². The molecule has 0 aromatic rings. The van der Waals surface area contributed by atoms with Crippen molar-refractivity contribution >= 4 is 0 Å². The van der Waals surface area contributed by atoms with E-state index in [2.05, 4.69) is 32.0 Å². The summed E-state index contributed by atoms with van der Waals surface area (Å²) in [5.41, 5.74) is 6.48. The van der Waals surface area contributed by atoms with E-state index in [1.165, 1.54) is 12.8 Å². The van der Waals surface area contributed by atoms with E-state index in [4.69, 9.17) is 12.2 Å². The lowest BCUT2D eigenvalue weighted by Gasteiger charge is -2.49. The van der Waals surface area contributed by atoms with Gasteiger partial charge in [-0.05, 0) is 37.5 Å². The van der Waals surface area contributed by atoms with Gasteiger partial charge in [-0.2, -0.15) is 0 Å². The number of nitrogens with two attached hydrogens (primary N) is 1. The van der Waals surface area contributed by atoms with E-state index in [0.717, 1.165) is 6.42 Å². The van der Waals surface area contributed by atoms with Crippen molar-refractivity contribution in [3.63, 3.8) is 0 Å². The monoisotopic (exact) mass is 222 g/mol. The van der Waals surface area contributed by atoms with Gasteiger partial charge in [0.1, 0.15) is 0 Å². The van der Waals surface area contributed by atoms with Crippen molar-refractivity contribution in [2.75, 3.05) is 6.54 Å². The summed E-state index contributed by atoms with van der Waals surface area (Å²) in [5.74, 6) is 3.33. The van der Waals surface area contributed by atoms with Crippen LogP contribution in [0.5, 0.6) is 0 Å². The van der Waals surface area contributed by atoms with Crippen LogP contribution in [0.15, 0.2) is 0 Å². The maximum atomic E-state index is 5.99. The molecule has 0 radical (unpaired) electrons. The van der Waals surface area contributed by atoms with Gasteiger partial charge >= 0.3 is 0 Å². The third kappa shape index (κ3) is 2.78. The Morgan fingerprint density at radius 1 is 1.50 bits per heavy atom. The van der Waals surface area contributed by atoms with Gasteiger partial charge < -0.3 is 5.73 Å². The smallest absolute Gasteiger partial charge is 0.0663 e. The van der Waals surface area contributed by atoms with Gasteiger partial charge in [-0.1, -0.05) is 26.7 Å². The van der Waals surface area contributed by atoms with Crippen LogP contribution in [0, 0.1) is 23.7 Å². The first kappa shape index (κ1) is 13.5. The Bertz CT molecular complexity index is 277. The largest absolute Gasteiger partial charge is 0.329 e. The van der Waals surface area contributed by atoms with E-state index in [1.54, 1.807) is 0 Å². The second-order valence-corrected chi connectivity index (χ2v) is 6.16. The molecule has 1 rings (SSSR count). The minimum Gasteiger partial charge on any atom is -0.329 e. The maximum absolute atomic E-state index is 5.99. The molecule has 1 aliphatic carbocycles. The first-order valence-electron chi connectivity index (χ1n) is 6.29. The normalized spacial score (nSPS) is 35.4. The Balaban J connectivity index is 2.78. The summed E-state index contributed by atoms with van der Waals surface area (Å²) >= 11 is 0. The van der Waals surface area contributed by atoms with Crippen molar-refractivity contribution in [3.05, 3.63) is 0 Å². The van der Waals surface area contributed by atoms with Crippen LogP contribution >= 0.6 is 0 Å². The fraction of sp³-hybridized carbons (Fsp3) is 0.857. The van der Waals surface area contributed by atoms with Gasteiger partial charge in [0.2, 0.25) is 0 Å². The van der Waals surface area contributed by atoms with Crippen LogP contribution in [0.25, 0.3) is 0 Å². The molecule has 1 aliphatic rings. The molecule has 2 heteroatoms. The zero-order chi connectivity index (χ0) is 12.4. The zero-order valence-electron chi connectivity index (χ0n) is 11.1. The Labute approximate surface area is 100 Å². The Kier molecular flexibility index (Phi) is 4.04. The van der Waals surface area contributed by atoms with Gasteiger partial charge in [0, 0.05) is 12.1 Å². The molecule has 0 spiro atoms. The summed E-state index contributed by atoms with van der Waals surface area (Å²) in [4.78, 5) is 0. The summed E-state index contributed by atoms with van der Waals surface area (Å²) in [6, 6.07) is 0.104. The van der Waals surface area contributed by atoms with Crippen molar-refractivity contribution in [2.45, 2.75) is 58.5 Å². The lowest BCUT2D eigenvalue weighted by atomic mass is 9.63. The average molecular weight is 222 g/mol. The fourth-order valence-electron chi connectivity index (χ4n) is 2.98. The van der Waals surface area contributed by atoms with Crippen LogP contribution in [0.1, 0.15) is 47.0 Å². The van der Waals surface area contributed by atoms with Crippen LogP contribution in [0.2, 0.25) is 0 Å². The highest BCUT2D eigenvalue weighted by atomic mass is 15.0. The van der Waals surface area contributed by atoms with Crippen molar-refractivity contribution in [3.8, 4) is 12.3 Å². The summed E-state index contributed by atoms with van der Waals surface area (Å²) in [6.07, 6.45) is 9.01. The van der Waals surface area contributed by atoms with E-state index in [1.807, 2.05) is 6.92 Å². The minimum absolute atomic E-state index is 0.0430. The molecular formula is C14H26N2. The first-order valence-corrected chi connectivity index (χ1v) is 6.29. The zero-order valence-corrected chi connectivity index (χ0v) is 11.1. The molecule has 1 saturated carbocycles. The second-order valence-electron chi connectivity index (χ2n) is 6.16. The lowest BCUT2D eigenvalue weighted by molar-refractivity contribution is 0.0758. The number of nitrogens with one attached hydrogen (secondary N) is 1.